The van der Waals surface area contributed by atoms with Gasteiger partial charge in [0.1, 0.15) is 10.3 Å². The minimum Gasteiger partial charge on any atom is -0.378 e. The van der Waals surface area contributed by atoms with E-state index in [-0.39, 0.29) is 11.2 Å². The smallest absolute Gasteiger partial charge is 0.240 e. The van der Waals surface area contributed by atoms with Gasteiger partial charge in [0.2, 0.25) is 5.91 Å². The molecule has 1 aliphatic rings. The molecule has 1 aromatic heterocycles. The topological polar surface area (TPSA) is 55.3 Å². The summed E-state index contributed by atoms with van der Waals surface area (Å²) in [6.07, 6.45) is 0. The Hall–Kier alpha value is -1.44. The van der Waals surface area contributed by atoms with Crippen molar-refractivity contribution in [1.29, 1.82) is 0 Å². The van der Waals surface area contributed by atoms with Crippen molar-refractivity contribution in [3.8, 4) is 0 Å². The second-order valence-electron chi connectivity index (χ2n) is 4.93. The number of benzene rings is 1. The lowest BCUT2D eigenvalue weighted by Gasteiger charge is -2.30. The third-order valence-corrected chi connectivity index (χ3v) is 5.54. The predicted molar refractivity (Wildman–Crippen MR) is 87.1 cm³/mol. The van der Waals surface area contributed by atoms with E-state index in [1.165, 1.54) is 23.1 Å². The van der Waals surface area contributed by atoms with E-state index in [4.69, 9.17) is 4.74 Å². The fourth-order valence-electron chi connectivity index (χ4n) is 2.27. The number of carbonyl (C=O) groups excluding carboxylic acids is 1. The highest BCUT2D eigenvalue weighted by Gasteiger charge is 2.29. The number of hydrogen-bond donors (Lipinski definition) is 0. The van der Waals surface area contributed by atoms with Crippen LogP contribution in [-0.2, 0) is 9.53 Å². The first-order valence-electron chi connectivity index (χ1n) is 7.12. The van der Waals surface area contributed by atoms with Crippen LogP contribution in [0.2, 0.25) is 0 Å². The summed E-state index contributed by atoms with van der Waals surface area (Å²) in [7, 11) is 0. The van der Waals surface area contributed by atoms with Crippen LogP contribution in [0.3, 0.4) is 0 Å². The van der Waals surface area contributed by atoms with E-state index in [1.807, 2.05) is 42.2 Å². The van der Waals surface area contributed by atoms with Gasteiger partial charge in [-0.3, -0.25) is 4.79 Å². The SMILES string of the molecule is Cc1nnc(S[C@@H](C(=O)N2CCOCC2)c2ccccc2)s1. The molecule has 3 rings (SSSR count). The number of rotatable bonds is 4. The van der Waals surface area contributed by atoms with Crippen LogP contribution in [0.25, 0.3) is 0 Å². The number of nitrogens with zero attached hydrogens (tertiary/aromatic N) is 3. The summed E-state index contributed by atoms with van der Waals surface area (Å²) in [5, 5.41) is 8.81. The molecule has 0 bridgehead atoms. The Kier molecular flexibility index (Phi) is 5.07. The zero-order valence-electron chi connectivity index (χ0n) is 12.3. The molecule has 1 atom stereocenters. The van der Waals surface area contributed by atoms with E-state index in [1.54, 1.807) is 0 Å². The lowest BCUT2D eigenvalue weighted by Crippen LogP contribution is -2.42. The van der Waals surface area contributed by atoms with E-state index in [2.05, 4.69) is 10.2 Å². The Balaban J connectivity index is 1.83. The molecular weight excluding hydrogens is 318 g/mol. The van der Waals surface area contributed by atoms with E-state index < -0.39 is 0 Å². The monoisotopic (exact) mass is 335 g/mol. The van der Waals surface area contributed by atoms with E-state index in [0.717, 1.165) is 14.9 Å². The third kappa shape index (κ3) is 3.66. The average molecular weight is 335 g/mol. The molecule has 2 heterocycles. The zero-order chi connectivity index (χ0) is 15.4. The summed E-state index contributed by atoms with van der Waals surface area (Å²) in [5.74, 6) is 0.118. The normalized spacial score (nSPS) is 16.5. The number of aromatic nitrogens is 2. The molecule has 0 unspecified atom stereocenters. The number of ether oxygens (including phenoxy) is 1. The van der Waals surface area contributed by atoms with Crippen LogP contribution in [0.15, 0.2) is 34.7 Å². The molecule has 1 amide bonds. The Morgan fingerprint density at radius 1 is 1.27 bits per heavy atom. The summed E-state index contributed by atoms with van der Waals surface area (Å²) in [6, 6.07) is 9.86. The van der Waals surface area contributed by atoms with Crippen LogP contribution >= 0.6 is 23.1 Å². The molecule has 7 heteroatoms. The van der Waals surface area contributed by atoms with Crippen molar-refractivity contribution in [3.63, 3.8) is 0 Å². The number of aryl methyl sites for hydroxylation is 1. The van der Waals surface area contributed by atoms with Gasteiger partial charge in [0, 0.05) is 13.1 Å². The van der Waals surface area contributed by atoms with Gasteiger partial charge in [-0.25, -0.2) is 0 Å². The average Bonchev–Trinajstić information content (AvgIpc) is 2.99. The zero-order valence-corrected chi connectivity index (χ0v) is 13.9. The summed E-state index contributed by atoms with van der Waals surface area (Å²) >= 11 is 3.00. The summed E-state index contributed by atoms with van der Waals surface area (Å²) in [6.45, 7) is 4.43. The minimum absolute atomic E-state index is 0.118. The van der Waals surface area contributed by atoms with E-state index in [9.17, 15) is 4.79 Å². The van der Waals surface area contributed by atoms with Gasteiger partial charge >= 0.3 is 0 Å². The molecule has 0 saturated carbocycles. The number of morpholine rings is 1. The molecule has 1 aliphatic heterocycles. The lowest BCUT2D eigenvalue weighted by molar-refractivity contribution is -0.134. The van der Waals surface area contributed by atoms with Crippen LogP contribution in [0.1, 0.15) is 15.8 Å². The van der Waals surface area contributed by atoms with Crippen molar-refractivity contribution >= 4 is 29.0 Å². The Morgan fingerprint density at radius 2 is 2.00 bits per heavy atom. The van der Waals surface area contributed by atoms with Gasteiger partial charge < -0.3 is 9.64 Å². The van der Waals surface area contributed by atoms with Crippen LogP contribution in [-0.4, -0.2) is 47.3 Å². The second-order valence-corrected chi connectivity index (χ2v) is 7.47. The van der Waals surface area contributed by atoms with Crippen LogP contribution in [0.4, 0.5) is 0 Å². The maximum absolute atomic E-state index is 12.9. The molecule has 116 valence electrons. The Labute approximate surface area is 137 Å². The standard InChI is InChI=1S/C15H17N3O2S2/c1-11-16-17-15(21-11)22-13(12-5-3-2-4-6-12)14(19)18-7-9-20-10-8-18/h2-6,13H,7-10H2,1H3/t13-/m1/s1. The van der Waals surface area contributed by atoms with Gasteiger partial charge in [0.15, 0.2) is 4.34 Å². The van der Waals surface area contributed by atoms with E-state index >= 15 is 0 Å². The largest absolute Gasteiger partial charge is 0.378 e. The molecule has 0 radical (unpaired) electrons. The molecule has 1 aromatic carbocycles. The van der Waals surface area contributed by atoms with Crippen molar-refractivity contribution in [2.24, 2.45) is 0 Å². The highest BCUT2D eigenvalue weighted by molar-refractivity contribution is 8.01. The highest BCUT2D eigenvalue weighted by atomic mass is 32.2. The van der Waals surface area contributed by atoms with Crippen LogP contribution in [0.5, 0.6) is 0 Å². The first kappa shape index (κ1) is 15.5. The molecule has 1 fully saturated rings. The maximum atomic E-state index is 12.9. The molecule has 0 N–H and O–H groups in total. The summed E-state index contributed by atoms with van der Waals surface area (Å²) in [4.78, 5) is 14.8. The molecule has 0 aliphatic carbocycles. The van der Waals surface area contributed by atoms with Crippen molar-refractivity contribution in [3.05, 3.63) is 40.9 Å². The Morgan fingerprint density at radius 3 is 2.64 bits per heavy atom. The molecule has 5 nitrogen and oxygen atoms in total. The minimum atomic E-state index is -0.286. The van der Waals surface area contributed by atoms with Gasteiger partial charge in [0.05, 0.1) is 13.2 Å². The molecule has 0 spiro atoms. The number of hydrogen-bond acceptors (Lipinski definition) is 6. The lowest BCUT2D eigenvalue weighted by atomic mass is 10.1. The fraction of sp³-hybridized carbons (Fsp3) is 0.400. The van der Waals surface area contributed by atoms with Crippen molar-refractivity contribution in [2.45, 2.75) is 16.5 Å². The number of carbonyl (C=O) groups is 1. The molecule has 2 aromatic rings. The van der Waals surface area contributed by atoms with Crippen LogP contribution < -0.4 is 0 Å². The van der Waals surface area contributed by atoms with Gasteiger partial charge in [-0.15, -0.1) is 10.2 Å². The first-order chi connectivity index (χ1) is 10.7. The fourth-order valence-corrected chi connectivity index (χ4v) is 4.36. The number of amides is 1. The van der Waals surface area contributed by atoms with Gasteiger partial charge in [-0.1, -0.05) is 53.4 Å². The molecule has 22 heavy (non-hydrogen) atoms. The first-order valence-corrected chi connectivity index (χ1v) is 8.82. The molecule has 1 saturated heterocycles. The van der Waals surface area contributed by atoms with Crippen molar-refractivity contribution < 1.29 is 9.53 Å². The van der Waals surface area contributed by atoms with Crippen molar-refractivity contribution in [2.75, 3.05) is 26.3 Å². The molecular formula is C15H17N3O2S2. The van der Waals surface area contributed by atoms with E-state index in [0.29, 0.717) is 26.3 Å². The second kappa shape index (κ2) is 7.21. The van der Waals surface area contributed by atoms with Gasteiger partial charge in [-0.2, -0.15) is 0 Å². The number of thioether (sulfide) groups is 1. The Bertz CT molecular complexity index is 627. The maximum Gasteiger partial charge on any atom is 0.240 e. The predicted octanol–water partition coefficient (Wildman–Crippen LogP) is 2.54. The van der Waals surface area contributed by atoms with Crippen molar-refractivity contribution in [1.82, 2.24) is 15.1 Å². The summed E-state index contributed by atoms with van der Waals surface area (Å²) in [5.41, 5.74) is 0.997. The highest BCUT2D eigenvalue weighted by Crippen LogP contribution is 2.38. The summed E-state index contributed by atoms with van der Waals surface area (Å²) < 4.78 is 6.16. The third-order valence-electron chi connectivity index (χ3n) is 3.38. The quantitative estimate of drug-likeness (QED) is 0.804. The van der Waals surface area contributed by atoms with Gasteiger partial charge in [0.25, 0.3) is 0 Å². The van der Waals surface area contributed by atoms with Crippen LogP contribution in [0, 0.1) is 6.92 Å². The van der Waals surface area contributed by atoms with Gasteiger partial charge in [-0.05, 0) is 12.5 Å².